The predicted octanol–water partition coefficient (Wildman–Crippen LogP) is 1.31. The normalized spacial score (nSPS) is 9.87. The lowest BCUT2D eigenvalue weighted by molar-refractivity contribution is 0.0523. The van der Waals surface area contributed by atoms with Gasteiger partial charge >= 0.3 is 5.97 Å². The highest BCUT2D eigenvalue weighted by Crippen LogP contribution is 2.13. The lowest BCUT2D eigenvalue weighted by Crippen LogP contribution is -2.13. The second-order valence-corrected chi connectivity index (χ2v) is 3.06. The fraction of sp³-hybridized carbons (Fsp3) is 0.500. The lowest BCUT2D eigenvalue weighted by atomic mass is 10.2. The molecule has 0 fully saturated rings. The smallest absolute Gasteiger partial charge is 0.341 e. The van der Waals surface area contributed by atoms with E-state index in [0.29, 0.717) is 29.5 Å². The zero-order chi connectivity index (χ0) is 11.4. The van der Waals surface area contributed by atoms with Crippen LogP contribution in [0, 0.1) is 13.8 Å². The van der Waals surface area contributed by atoms with E-state index in [-0.39, 0.29) is 5.97 Å². The number of carbonyl (C=O) groups excluding carboxylic acids is 1. The van der Waals surface area contributed by atoms with Crippen LogP contribution in [-0.2, 0) is 4.74 Å². The summed E-state index contributed by atoms with van der Waals surface area (Å²) in [6.45, 7) is 5.65. The van der Waals surface area contributed by atoms with Crippen LogP contribution in [0.25, 0.3) is 0 Å². The van der Waals surface area contributed by atoms with Crippen molar-refractivity contribution < 1.29 is 9.53 Å². The van der Waals surface area contributed by atoms with Crippen LogP contribution in [0.1, 0.15) is 28.7 Å². The standard InChI is InChI=1S/C10H15N3O2/c1-5-15-9(14)8-6(2)12-10(11-4)13-7(8)3/h5H2,1-4H3,(H,11,12,13). The van der Waals surface area contributed by atoms with Gasteiger partial charge in [0.2, 0.25) is 5.95 Å². The van der Waals surface area contributed by atoms with Gasteiger partial charge in [0.25, 0.3) is 0 Å². The first-order valence-electron chi connectivity index (χ1n) is 4.80. The summed E-state index contributed by atoms with van der Waals surface area (Å²) in [5.74, 6) is 0.146. The van der Waals surface area contributed by atoms with Crippen molar-refractivity contribution in [3.05, 3.63) is 17.0 Å². The molecule has 0 aliphatic heterocycles. The van der Waals surface area contributed by atoms with Crippen LogP contribution >= 0.6 is 0 Å². The molecule has 82 valence electrons. The summed E-state index contributed by atoms with van der Waals surface area (Å²) in [5, 5.41) is 2.83. The number of esters is 1. The number of anilines is 1. The van der Waals surface area contributed by atoms with Crippen molar-refractivity contribution in [2.75, 3.05) is 19.0 Å². The summed E-state index contributed by atoms with van der Waals surface area (Å²) >= 11 is 0. The van der Waals surface area contributed by atoms with Crippen molar-refractivity contribution in [1.29, 1.82) is 0 Å². The van der Waals surface area contributed by atoms with Gasteiger partial charge in [-0.05, 0) is 20.8 Å². The summed E-state index contributed by atoms with van der Waals surface area (Å²) in [6, 6.07) is 0. The summed E-state index contributed by atoms with van der Waals surface area (Å²) < 4.78 is 4.92. The first-order valence-corrected chi connectivity index (χ1v) is 4.80. The van der Waals surface area contributed by atoms with Gasteiger partial charge in [-0.15, -0.1) is 0 Å². The van der Waals surface area contributed by atoms with Gasteiger partial charge in [0, 0.05) is 7.05 Å². The van der Waals surface area contributed by atoms with Crippen molar-refractivity contribution in [3.63, 3.8) is 0 Å². The molecule has 1 rings (SSSR count). The van der Waals surface area contributed by atoms with E-state index in [1.54, 1.807) is 27.8 Å². The Morgan fingerprint density at radius 1 is 1.33 bits per heavy atom. The number of hydrogen-bond acceptors (Lipinski definition) is 5. The maximum Gasteiger partial charge on any atom is 0.341 e. The van der Waals surface area contributed by atoms with Gasteiger partial charge in [-0.1, -0.05) is 0 Å². The number of hydrogen-bond donors (Lipinski definition) is 1. The number of nitrogens with one attached hydrogen (secondary N) is 1. The Kier molecular flexibility index (Phi) is 3.60. The van der Waals surface area contributed by atoms with Crippen molar-refractivity contribution in [2.45, 2.75) is 20.8 Å². The van der Waals surface area contributed by atoms with Crippen LogP contribution in [0.4, 0.5) is 5.95 Å². The SMILES string of the molecule is CCOC(=O)c1c(C)nc(NC)nc1C. The van der Waals surface area contributed by atoms with E-state index in [1.165, 1.54) is 0 Å². The van der Waals surface area contributed by atoms with Gasteiger partial charge < -0.3 is 10.1 Å². The minimum Gasteiger partial charge on any atom is -0.462 e. The summed E-state index contributed by atoms with van der Waals surface area (Å²) in [7, 11) is 1.73. The summed E-state index contributed by atoms with van der Waals surface area (Å²) in [5.41, 5.74) is 1.71. The topological polar surface area (TPSA) is 64.1 Å². The van der Waals surface area contributed by atoms with Crippen LogP contribution in [0.15, 0.2) is 0 Å². The summed E-state index contributed by atoms with van der Waals surface area (Å²) in [4.78, 5) is 19.8. The molecule has 0 amide bonds. The van der Waals surface area contributed by atoms with Gasteiger partial charge in [-0.3, -0.25) is 0 Å². The van der Waals surface area contributed by atoms with Gasteiger partial charge in [-0.25, -0.2) is 14.8 Å². The molecule has 15 heavy (non-hydrogen) atoms. The average molecular weight is 209 g/mol. The van der Waals surface area contributed by atoms with Crippen molar-refractivity contribution in [1.82, 2.24) is 9.97 Å². The average Bonchev–Trinajstić information content (AvgIpc) is 2.16. The van der Waals surface area contributed by atoms with Crippen molar-refractivity contribution in [3.8, 4) is 0 Å². The molecule has 0 aromatic carbocycles. The Balaban J connectivity index is 3.13. The third kappa shape index (κ3) is 2.43. The third-order valence-corrected chi connectivity index (χ3v) is 1.97. The fourth-order valence-corrected chi connectivity index (χ4v) is 1.33. The maximum atomic E-state index is 11.6. The molecule has 5 heteroatoms. The molecule has 1 N–H and O–H groups in total. The molecule has 0 aliphatic rings. The number of aryl methyl sites for hydroxylation is 2. The maximum absolute atomic E-state index is 11.6. The Hall–Kier alpha value is -1.65. The number of carbonyl (C=O) groups is 1. The number of rotatable bonds is 3. The minimum absolute atomic E-state index is 0.353. The first kappa shape index (κ1) is 11.4. The van der Waals surface area contributed by atoms with E-state index in [0.717, 1.165) is 0 Å². The molecule has 0 atom stereocenters. The molecule has 0 unspecified atom stereocenters. The van der Waals surface area contributed by atoms with Crippen LogP contribution in [-0.4, -0.2) is 29.6 Å². The first-order chi connectivity index (χ1) is 7.10. The Labute approximate surface area is 88.9 Å². The molecule has 0 saturated carbocycles. The highest BCUT2D eigenvalue weighted by molar-refractivity contribution is 5.91. The van der Waals surface area contributed by atoms with E-state index in [9.17, 15) is 4.79 Å². The molecule has 1 aromatic rings. The molecule has 1 heterocycles. The second kappa shape index (κ2) is 4.72. The lowest BCUT2D eigenvalue weighted by Gasteiger charge is -2.09. The van der Waals surface area contributed by atoms with Crippen LogP contribution in [0.5, 0.6) is 0 Å². The molecular weight excluding hydrogens is 194 g/mol. The molecule has 0 aliphatic carbocycles. The highest BCUT2D eigenvalue weighted by atomic mass is 16.5. The molecule has 1 aromatic heterocycles. The fourth-order valence-electron chi connectivity index (χ4n) is 1.33. The van der Waals surface area contributed by atoms with Crippen LogP contribution in [0.3, 0.4) is 0 Å². The number of aromatic nitrogens is 2. The van der Waals surface area contributed by atoms with Crippen molar-refractivity contribution >= 4 is 11.9 Å². The monoisotopic (exact) mass is 209 g/mol. The van der Waals surface area contributed by atoms with E-state index >= 15 is 0 Å². The number of ether oxygens (including phenoxy) is 1. The zero-order valence-corrected chi connectivity index (χ0v) is 9.42. The van der Waals surface area contributed by atoms with E-state index < -0.39 is 0 Å². The van der Waals surface area contributed by atoms with Gasteiger partial charge in [0.1, 0.15) is 5.56 Å². The molecule has 0 spiro atoms. The summed E-state index contributed by atoms with van der Waals surface area (Å²) in [6.07, 6.45) is 0. The Morgan fingerprint density at radius 3 is 2.27 bits per heavy atom. The van der Waals surface area contributed by atoms with Crippen LogP contribution < -0.4 is 5.32 Å². The van der Waals surface area contributed by atoms with Gasteiger partial charge in [0.15, 0.2) is 0 Å². The minimum atomic E-state index is -0.366. The van der Waals surface area contributed by atoms with E-state index in [4.69, 9.17) is 4.74 Å². The second-order valence-electron chi connectivity index (χ2n) is 3.06. The quantitative estimate of drug-likeness (QED) is 0.760. The van der Waals surface area contributed by atoms with E-state index in [1.807, 2.05) is 0 Å². The van der Waals surface area contributed by atoms with Gasteiger partial charge in [0.05, 0.1) is 18.0 Å². The Bertz CT molecular complexity index is 354. The van der Waals surface area contributed by atoms with Crippen LogP contribution in [0.2, 0.25) is 0 Å². The molecule has 0 radical (unpaired) electrons. The molecule has 5 nitrogen and oxygen atoms in total. The molecule has 0 bridgehead atoms. The molecule has 0 saturated heterocycles. The van der Waals surface area contributed by atoms with Crippen molar-refractivity contribution in [2.24, 2.45) is 0 Å². The predicted molar refractivity (Wildman–Crippen MR) is 57.0 cm³/mol. The van der Waals surface area contributed by atoms with Gasteiger partial charge in [-0.2, -0.15) is 0 Å². The Morgan fingerprint density at radius 2 is 1.87 bits per heavy atom. The highest BCUT2D eigenvalue weighted by Gasteiger charge is 2.16. The largest absolute Gasteiger partial charge is 0.462 e. The number of nitrogens with zero attached hydrogens (tertiary/aromatic N) is 2. The van der Waals surface area contributed by atoms with E-state index in [2.05, 4.69) is 15.3 Å². The molecular formula is C10H15N3O2. The zero-order valence-electron chi connectivity index (χ0n) is 9.42. The third-order valence-electron chi connectivity index (χ3n) is 1.97.